The third kappa shape index (κ3) is 3.72. The Hall–Kier alpha value is -0.900. The van der Waals surface area contributed by atoms with Crippen LogP contribution in [0.3, 0.4) is 0 Å². The zero-order chi connectivity index (χ0) is 9.07. The van der Waals surface area contributed by atoms with Crippen LogP contribution in [0.15, 0.2) is 0 Å². The predicted octanol–water partition coefficient (Wildman–Crippen LogP) is -0.573. The van der Waals surface area contributed by atoms with Crippen LogP contribution in [-0.4, -0.2) is 23.8 Å². The van der Waals surface area contributed by atoms with E-state index in [0.29, 0.717) is 6.29 Å². The molecule has 4 nitrogen and oxygen atoms in total. The number of hydrogen-bond acceptors (Lipinski definition) is 3. The number of carbonyl (C=O) groups excluding carboxylic acids is 2. The van der Waals surface area contributed by atoms with Crippen LogP contribution in [0.1, 0.15) is 20.8 Å². The number of nitrogens with one attached hydrogen (secondary N) is 1. The molecule has 1 amide bonds. The van der Waals surface area contributed by atoms with Gasteiger partial charge in [0.1, 0.15) is 6.29 Å². The van der Waals surface area contributed by atoms with Gasteiger partial charge in [-0.15, -0.1) is 0 Å². The lowest BCUT2D eigenvalue weighted by Gasteiger charge is -2.18. The van der Waals surface area contributed by atoms with E-state index < -0.39 is 11.6 Å². The van der Waals surface area contributed by atoms with Crippen molar-refractivity contribution >= 4 is 12.2 Å². The first-order valence-corrected chi connectivity index (χ1v) is 3.43. The highest BCUT2D eigenvalue weighted by Gasteiger charge is 2.22. The summed E-state index contributed by atoms with van der Waals surface area (Å²) >= 11 is 0. The van der Waals surface area contributed by atoms with Crippen LogP contribution in [0, 0.1) is 0 Å². The minimum Gasteiger partial charge on any atom is -0.345 e. The minimum absolute atomic E-state index is 0.322. The molecule has 0 aromatic rings. The van der Waals surface area contributed by atoms with Crippen molar-refractivity contribution in [1.82, 2.24) is 5.32 Å². The third-order valence-corrected chi connectivity index (χ3v) is 1.15. The molecule has 0 saturated carbocycles. The smallest absolute Gasteiger partial charge is 0.240 e. The van der Waals surface area contributed by atoms with Gasteiger partial charge in [0.05, 0.1) is 11.6 Å². The zero-order valence-corrected chi connectivity index (χ0v) is 7.05. The summed E-state index contributed by atoms with van der Waals surface area (Å²) in [5.41, 5.74) is 4.53. The van der Waals surface area contributed by atoms with Gasteiger partial charge in [-0.05, 0) is 20.8 Å². The van der Waals surface area contributed by atoms with E-state index in [1.807, 2.05) is 0 Å². The lowest BCUT2D eigenvalue weighted by molar-refractivity contribution is -0.127. The number of nitrogens with two attached hydrogens (primary N) is 1. The van der Waals surface area contributed by atoms with Gasteiger partial charge in [0.25, 0.3) is 0 Å². The molecule has 11 heavy (non-hydrogen) atoms. The molecule has 0 aliphatic heterocycles. The number of rotatable bonds is 3. The first-order valence-electron chi connectivity index (χ1n) is 3.43. The van der Waals surface area contributed by atoms with Crippen LogP contribution in [-0.2, 0) is 9.59 Å². The highest BCUT2D eigenvalue weighted by atomic mass is 16.2. The molecular weight excluding hydrogens is 144 g/mol. The van der Waals surface area contributed by atoms with Crippen molar-refractivity contribution in [3.63, 3.8) is 0 Å². The van der Waals surface area contributed by atoms with Crippen LogP contribution >= 0.6 is 0 Å². The zero-order valence-electron chi connectivity index (χ0n) is 7.05. The Balaban J connectivity index is 3.98. The van der Waals surface area contributed by atoms with E-state index >= 15 is 0 Å². The normalized spacial score (nSPS) is 13.8. The van der Waals surface area contributed by atoms with Crippen molar-refractivity contribution in [2.75, 3.05) is 0 Å². The van der Waals surface area contributed by atoms with Crippen LogP contribution in [0.25, 0.3) is 0 Å². The van der Waals surface area contributed by atoms with Crippen molar-refractivity contribution in [3.8, 4) is 0 Å². The average molecular weight is 158 g/mol. The molecule has 0 bridgehead atoms. The largest absolute Gasteiger partial charge is 0.345 e. The van der Waals surface area contributed by atoms with Crippen LogP contribution in [0.5, 0.6) is 0 Å². The van der Waals surface area contributed by atoms with Gasteiger partial charge >= 0.3 is 0 Å². The van der Waals surface area contributed by atoms with Crippen molar-refractivity contribution in [2.45, 2.75) is 32.4 Å². The maximum atomic E-state index is 11.0. The lowest BCUT2D eigenvalue weighted by atomic mass is 10.1. The maximum absolute atomic E-state index is 11.0. The Morgan fingerprint density at radius 3 is 2.36 bits per heavy atom. The SMILES string of the molecule is C[C@@H](C=O)NC(=O)C(C)(C)N. The van der Waals surface area contributed by atoms with E-state index in [-0.39, 0.29) is 5.91 Å². The second-order valence-corrected chi connectivity index (χ2v) is 3.12. The fourth-order valence-corrected chi connectivity index (χ4v) is 0.427. The Bertz CT molecular complexity index is 160. The van der Waals surface area contributed by atoms with E-state index in [4.69, 9.17) is 5.73 Å². The standard InChI is InChI=1S/C7H14N2O2/c1-5(4-10)9-6(11)7(2,3)8/h4-5H,8H2,1-3H3,(H,9,11)/t5-/m0/s1. The van der Waals surface area contributed by atoms with Crippen LogP contribution in [0.2, 0.25) is 0 Å². The van der Waals surface area contributed by atoms with Crippen molar-refractivity contribution < 1.29 is 9.59 Å². The Kier molecular flexibility index (Phi) is 3.19. The molecule has 1 atom stereocenters. The second-order valence-electron chi connectivity index (χ2n) is 3.12. The quantitative estimate of drug-likeness (QED) is 0.540. The fourth-order valence-electron chi connectivity index (χ4n) is 0.427. The van der Waals surface area contributed by atoms with Crippen LogP contribution < -0.4 is 11.1 Å². The van der Waals surface area contributed by atoms with Gasteiger partial charge in [0, 0.05) is 0 Å². The van der Waals surface area contributed by atoms with Crippen molar-refractivity contribution in [3.05, 3.63) is 0 Å². The predicted molar refractivity (Wildman–Crippen MR) is 41.9 cm³/mol. The van der Waals surface area contributed by atoms with Crippen molar-refractivity contribution in [1.29, 1.82) is 0 Å². The monoisotopic (exact) mass is 158 g/mol. The topological polar surface area (TPSA) is 72.2 Å². The summed E-state index contributed by atoms with van der Waals surface area (Å²) in [6.45, 7) is 4.76. The molecule has 0 fully saturated rings. The maximum Gasteiger partial charge on any atom is 0.240 e. The third-order valence-electron chi connectivity index (χ3n) is 1.15. The lowest BCUT2D eigenvalue weighted by Crippen LogP contribution is -2.51. The molecule has 0 aromatic heterocycles. The Labute approximate surface area is 66.1 Å². The van der Waals surface area contributed by atoms with Gasteiger partial charge in [-0.2, -0.15) is 0 Å². The molecule has 4 heteroatoms. The summed E-state index contributed by atoms with van der Waals surface area (Å²) in [5, 5.41) is 2.44. The molecule has 0 aliphatic carbocycles. The second kappa shape index (κ2) is 3.48. The highest BCUT2D eigenvalue weighted by molar-refractivity contribution is 5.87. The van der Waals surface area contributed by atoms with Gasteiger partial charge in [-0.25, -0.2) is 0 Å². The Morgan fingerprint density at radius 1 is 1.64 bits per heavy atom. The molecule has 0 saturated heterocycles. The van der Waals surface area contributed by atoms with Gasteiger partial charge in [0.2, 0.25) is 5.91 Å². The van der Waals surface area contributed by atoms with E-state index in [1.54, 1.807) is 20.8 Å². The number of hydrogen-bond donors (Lipinski definition) is 2. The summed E-state index contributed by atoms with van der Waals surface area (Å²) in [7, 11) is 0. The molecule has 0 aromatic carbocycles. The molecular formula is C7H14N2O2. The Morgan fingerprint density at radius 2 is 2.09 bits per heavy atom. The molecule has 0 radical (unpaired) electrons. The van der Waals surface area contributed by atoms with Crippen molar-refractivity contribution in [2.24, 2.45) is 5.73 Å². The average Bonchev–Trinajstić information content (AvgIpc) is 1.85. The molecule has 3 N–H and O–H groups in total. The fraction of sp³-hybridized carbons (Fsp3) is 0.714. The van der Waals surface area contributed by atoms with E-state index in [1.165, 1.54) is 0 Å². The van der Waals surface area contributed by atoms with E-state index in [0.717, 1.165) is 0 Å². The molecule has 0 spiro atoms. The highest BCUT2D eigenvalue weighted by Crippen LogP contribution is 1.95. The summed E-state index contributed by atoms with van der Waals surface area (Å²) in [6, 6.07) is -0.467. The summed E-state index contributed by atoms with van der Waals surface area (Å²) < 4.78 is 0. The number of aldehydes is 1. The van der Waals surface area contributed by atoms with Gasteiger partial charge in [0.15, 0.2) is 0 Å². The van der Waals surface area contributed by atoms with E-state index in [9.17, 15) is 9.59 Å². The first kappa shape index (κ1) is 10.1. The number of amides is 1. The first-order chi connectivity index (χ1) is 4.88. The number of carbonyl (C=O) groups is 2. The van der Waals surface area contributed by atoms with Gasteiger partial charge in [-0.1, -0.05) is 0 Å². The molecule has 64 valence electrons. The molecule has 0 aliphatic rings. The van der Waals surface area contributed by atoms with E-state index in [2.05, 4.69) is 5.32 Å². The molecule has 0 unspecified atom stereocenters. The summed E-state index contributed by atoms with van der Waals surface area (Å²) in [4.78, 5) is 21.2. The van der Waals surface area contributed by atoms with Crippen LogP contribution in [0.4, 0.5) is 0 Å². The summed E-state index contributed by atoms with van der Waals surface area (Å²) in [6.07, 6.45) is 0.656. The minimum atomic E-state index is -0.919. The molecule has 0 heterocycles. The van der Waals surface area contributed by atoms with Gasteiger partial charge in [-0.3, -0.25) is 4.79 Å². The summed E-state index contributed by atoms with van der Waals surface area (Å²) in [5.74, 6) is -0.322. The van der Waals surface area contributed by atoms with Gasteiger partial charge < -0.3 is 15.8 Å². The molecule has 0 rings (SSSR count).